The van der Waals surface area contributed by atoms with Gasteiger partial charge in [-0.15, -0.1) is 0 Å². The summed E-state index contributed by atoms with van der Waals surface area (Å²) in [5, 5.41) is 8.02. The predicted octanol–water partition coefficient (Wildman–Crippen LogP) is 3.53. The summed E-state index contributed by atoms with van der Waals surface area (Å²) < 4.78 is 3.13. The fraction of sp³-hybridized carbons (Fsp3) is 0.438. The van der Waals surface area contributed by atoms with Crippen LogP contribution in [0.15, 0.2) is 34.9 Å². The molecule has 4 heteroatoms. The molecule has 1 aliphatic rings. The van der Waals surface area contributed by atoms with Gasteiger partial charge in [0.2, 0.25) is 0 Å². The van der Waals surface area contributed by atoms with E-state index in [0.717, 1.165) is 12.2 Å². The maximum atomic E-state index is 4.38. The van der Waals surface area contributed by atoms with Crippen LogP contribution in [0.1, 0.15) is 35.6 Å². The van der Waals surface area contributed by atoms with E-state index in [9.17, 15) is 0 Å². The van der Waals surface area contributed by atoms with Crippen LogP contribution in [-0.4, -0.2) is 15.8 Å². The molecule has 1 N–H and O–H groups in total. The molecule has 3 nitrogen and oxygen atoms in total. The van der Waals surface area contributed by atoms with E-state index in [1.807, 2.05) is 11.7 Å². The second-order valence-corrected chi connectivity index (χ2v) is 6.54. The number of nitrogens with zero attached hydrogens (tertiary/aromatic N) is 2. The van der Waals surface area contributed by atoms with Gasteiger partial charge in [0.15, 0.2) is 0 Å². The van der Waals surface area contributed by atoms with Crippen molar-refractivity contribution in [3.8, 4) is 0 Å². The molecule has 0 unspecified atom stereocenters. The lowest BCUT2D eigenvalue weighted by Gasteiger charge is -2.37. The third kappa shape index (κ3) is 2.81. The number of nitrogens with one attached hydrogen (secondary N) is 1. The smallest absolute Gasteiger partial charge is 0.0638 e. The molecule has 1 aromatic heterocycles. The van der Waals surface area contributed by atoms with Crippen molar-refractivity contribution >= 4 is 15.9 Å². The number of aryl methyl sites for hydroxylation is 2. The average Bonchev–Trinajstić information content (AvgIpc) is 2.68. The molecule has 20 heavy (non-hydrogen) atoms. The van der Waals surface area contributed by atoms with Gasteiger partial charge in [0.05, 0.1) is 5.69 Å². The van der Waals surface area contributed by atoms with Crippen LogP contribution in [0.3, 0.4) is 0 Å². The van der Waals surface area contributed by atoms with Crippen molar-refractivity contribution in [2.45, 2.75) is 38.3 Å². The minimum atomic E-state index is 0.631. The summed E-state index contributed by atoms with van der Waals surface area (Å²) in [6.45, 7) is 2.99. The molecule has 2 aromatic rings. The highest BCUT2D eigenvalue weighted by Crippen LogP contribution is 2.40. The Labute approximate surface area is 128 Å². The van der Waals surface area contributed by atoms with Crippen LogP contribution in [0.4, 0.5) is 0 Å². The van der Waals surface area contributed by atoms with Gasteiger partial charge in [-0.2, -0.15) is 5.10 Å². The zero-order valence-electron chi connectivity index (χ0n) is 11.9. The highest BCUT2D eigenvalue weighted by Gasteiger charge is 2.30. The molecule has 0 atom stereocenters. The van der Waals surface area contributed by atoms with Crippen molar-refractivity contribution < 1.29 is 0 Å². The third-order valence-corrected chi connectivity index (χ3v) is 4.90. The molecule has 3 rings (SSSR count). The Bertz CT molecular complexity index is 600. The molecular formula is C16H20BrN3. The maximum Gasteiger partial charge on any atom is 0.0638 e. The van der Waals surface area contributed by atoms with Crippen LogP contribution in [0.5, 0.6) is 0 Å². The first kappa shape index (κ1) is 13.8. The molecule has 1 aliphatic carbocycles. The van der Waals surface area contributed by atoms with Gasteiger partial charge in [-0.3, -0.25) is 4.68 Å². The van der Waals surface area contributed by atoms with E-state index in [1.165, 1.54) is 28.4 Å². The van der Waals surface area contributed by atoms with Crippen LogP contribution in [-0.2, 0) is 13.6 Å². The average molecular weight is 334 g/mol. The first-order valence-corrected chi connectivity index (χ1v) is 7.89. The largest absolute Gasteiger partial charge is 0.310 e. The van der Waals surface area contributed by atoms with E-state index in [0.29, 0.717) is 12.0 Å². The number of aromatic nitrogens is 2. The SMILES string of the molecule is Cc1nn(C)cc1CNC1CC(c2ccccc2Br)C1. The normalized spacial score (nSPS) is 21.8. The highest BCUT2D eigenvalue weighted by atomic mass is 79.9. The van der Waals surface area contributed by atoms with Crippen molar-refractivity contribution in [1.29, 1.82) is 0 Å². The molecule has 1 aromatic carbocycles. The Kier molecular flexibility index (Phi) is 3.94. The summed E-state index contributed by atoms with van der Waals surface area (Å²) in [6.07, 6.45) is 4.55. The first-order valence-electron chi connectivity index (χ1n) is 7.10. The van der Waals surface area contributed by atoms with Gasteiger partial charge in [0.25, 0.3) is 0 Å². The second-order valence-electron chi connectivity index (χ2n) is 5.68. The predicted molar refractivity (Wildman–Crippen MR) is 84.7 cm³/mol. The van der Waals surface area contributed by atoms with Crippen molar-refractivity contribution in [3.05, 3.63) is 51.8 Å². The highest BCUT2D eigenvalue weighted by molar-refractivity contribution is 9.10. The summed E-state index contributed by atoms with van der Waals surface area (Å²) in [7, 11) is 1.98. The van der Waals surface area contributed by atoms with E-state index in [2.05, 4.69) is 63.7 Å². The van der Waals surface area contributed by atoms with Crippen LogP contribution in [0, 0.1) is 6.92 Å². The summed E-state index contributed by atoms with van der Waals surface area (Å²) in [4.78, 5) is 0. The lowest BCUT2D eigenvalue weighted by atomic mass is 9.76. The molecule has 0 saturated heterocycles. The fourth-order valence-electron chi connectivity index (χ4n) is 2.92. The third-order valence-electron chi connectivity index (χ3n) is 4.18. The minimum Gasteiger partial charge on any atom is -0.310 e. The lowest BCUT2D eigenvalue weighted by Crippen LogP contribution is -2.39. The minimum absolute atomic E-state index is 0.631. The molecule has 1 fully saturated rings. The van der Waals surface area contributed by atoms with Crippen LogP contribution < -0.4 is 5.32 Å². The summed E-state index contributed by atoms with van der Waals surface area (Å²) in [6, 6.07) is 9.20. The van der Waals surface area contributed by atoms with E-state index in [4.69, 9.17) is 0 Å². The molecule has 0 aliphatic heterocycles. The van der Waals surface area contributed by atoms with E-state index < -0.39 is 0 Å². The Morgan fingerprint density at radius 2 is 2.10 bits per heavy atom. The van der Waals surface area contributed by atoms with Gasteiger partial charge >= 0.3 is 0 Å². The van der Waals surface area contributed by atoms with Crippen molar-refractivity contribution in [1.82, 2.24) is 15.1 Å². The number of hydrogen-bond acceptors (Lipinski definition) is 2. The summed E-state index contributed by atoms with van der Waals surface area (Å²) in [5.74, 6) is 0.693. The van der Waals surface area contributed by atoms with Crippen molar-refractivity contribution in [2.24, 2.45) is 7.05 Å². The number of rotatable bonds is 4. The van der Waals surface area contributed by atoms with Crippen LogP contribution in [0.2, 0.25) is 0 Å². The number of benzene rings is 1. The van der Waals surface area contributed by atoms with Crippen LogP contribution >= 0.6 is 15.9 Å². The molecule has 1 heterocycles. The number of halogens is 1. The van der Waals surface area contributed by atoms with Crippen LogP contribution in [0.25, 0.3) is 0 Å². The lowest BCUT2D eigenvalue weighted by molar-refractivity contribution is 0.288. The summed E-state index contributed by atoms with van der Waals surface area (Å²) >= 11 is 3.65. The summed E-state index contributed by atoms with van der Waals surface area (Å²) in [5.41, 5.74) is 3.88. The molecule has 1 saturated carbocycles. The van der Waals surface area contributed by atoms with E-state index >= 15 is 0 Å². The maximum absolute atomic E-state index is 4.38. The van der Waals surface area contributed by atoms with Gasteiger partial charge in [-0.1, -0.05) is 34.1 Å². The molecule has 106 valence electrons. The van der Waals surface area contributed by atoms with Crippen molar-refractivity contribution in [2.75, 3.05) is 0 Å². The monoisotopic (exact) mass is 333 g/mol. The molecule has 0 spiro atoms. The Morgan fingerprint density at radius 3 is 2.75 bits per heavy atom. The zero-order valence-corrected chi connectivity index (χ0v) is 13.5. The topological polar surface area (TPSA) is 29.9 Å². The Hall–Kier alpha value is -1.13. The Morgan fingerprint density at radius 1 is 1.35 bits per heavy atom. The molecule has 0 radical (unpaired) electrons. The number of hydrogen-bond donors (Lipinski definition) is 1. The van der Waals surface area contributed by atoms with Gasteiger partial charge in [-0.05, 0) is 37.3 Å². The van der Waals surface area contributed by atoms with E-state index in [1.54, 1.807) is 0 Å². The first-order chi connectivity index (χ1) is 9.63. The molecule has 0 bridgehead atoms. The van der Waals surface area contributed by atoms with E-state index in [-0.39, 0.29) is 0 Å². The van der Waals surface area contributed by atoms with Gasteiger partial charge in [0.1, 0.15) is 0 Å². The Balaban J connectivity index is 1.52. The zero-order chi connectivity index (χ0) is 14.1. The second kappa shape index (κ2) is 5.70. The van der Waals surface area contributed by atoms with Crippen molar-refractivity contribution in [3.63, 3.8) is 0 Å². The van der Waals surface area contributed by atoms with Gasteiger partial charge in [0, 0.05) is 35.9 Å². The fourth-order valence-corrected chi connectivity index (χ4v) is 3.53. The standard InChI is InChI=1S/C16H20BrN3/c1-11-13(10-20(2)19-11)9-18-14-7-12(8-14)15-5-3-4-6-16(15)17/h3-6,10,12,14,18H,7-9H2,1-2H3. The van der Waals surface area contributed by atoms with Gasteiger partial charge in [-0.25, -0.2) is 0 Å². The molecule has 0 amide bonds. The van der Waals surface area contributed by atoms with Gasteiger partial charge < -0.3 is 5.32 Å². The quantitative estimate of drug-likeness (QED) is 0.927. The molecular weight excluding hydrogens is 314 g/mol.